The zero-order valence-corrected chi connectivity index (χ0v) is 15.3. The lowest BCUT2D eigenvalue weighted by molar-refractivity contribution is 1.19. The molecule has 0 aliphatic carbocycles. The summed E-state index contributed by atoms with van der Waals surface area (Å²) in [6.07, 6.45) is 0. The fourth-order valence-electron chi connectivity index (χ4n) is 2.91. The Morgan fingerprint density at radius 2 is 1.67 bits per heavy atom. The number of hydrogen-bond acceptors (Lipinski definition) is 6. The zero-order chi connectivity index (χ0) is 19.0. The fourth-order valence-corrected chi connectivity index (χ4v) is 3.04. The normalized spacial score (nSPS) is 10.9. The van der Waals surface area contributed by atoms with Crippen LogP contribution in [0.15, 0.2) is 54.6 Å². The molecule has 5 N–H and O–H groups in total. The molecule has 0 aliphatic rings. The van der Waals surface area contributed by atoms with Crippen LogP contribution in [0.5, 0.6) is 0 Å². The highest BCUT2D eigenvalue weighted by atomic mass is 35.5. The molecule has 0 aliphatic heterocycles. The Balaban J connectivity index is 1.70. The fraction of sp³-hybridized carbons (Fsp3) is 0.0500. The van der Waals surface area contributed by atoms with Gasteiger partial charge in [-0.2, -0.15) is 4.98 Å². The minimum Gasteiger partial charge on any atom is -0.398 e. The van der Waals surface area contributed by atoms with E-state index in [0.29, 0.717) is 22.2 Å². The Bertz CT molecular complexity index is 1140. The van der Waals surface area contributed by atoms with Gasteiger partial charge in [-0.3, -0.25) is 4.98 Å². The standard InChI is InChI=1S/C20H17ClN6/c1-11-8-16(22)15-9-14(6-7-17(15)24-11)25-19-10-18(26-20(23)27-19)12-2-4-13(21)5-3-12/h2-10H,1H3,(H2,22,24)(H3,23,25,26,27). The SMILES string of the molecule is Cc1cc(N)c2cc(Nc3cc(-c4ccc(Cl)cc4)nc(N)n3)ccc2n1. The van der Waals surface area contributed by atoms with E-state index < -0.39 is 0 Å². The summed E-state index contributed by atoms with van der Waals surface area (Å²) >= 11 is 5.95. The number of halogens is 1. The predicted octanol–water partition coefficient (Wildman–Crippen LogP) is 4.56. The maximum atomic E-state index is 6.13. The maximum absolute atomic E-state index is 6.13. The number of rotatable bonds is 3. The van der Waals surface area contributed by atoms with Crippen LogP contribution in [-0.4, -0.2) is 15.0 Å². The lowest BCUT2D eigenvalue weighted by Crippen LogP contribution is -2.02. The van der Waals surface area contributed by atoms with Crippen molar-refractivity contribution in [3.8, 4) is 11.3 Å². The molecule has 7 heteroatoms. The van der Waals surface area contributed by atoms with E-state index in [1.54, 1.807) is 0 Å². The van der Waals surface area contributed by atoms with Gasteiger partial charge in [-0.05, 0) is 43.3 Å². The number of nitrogens with one attached hydrogen (secondary N) is 1. The Hall–Kier alpha value is -3.38. The van der Waals surface area contributed by atoms with Crippen molar-refractivity contribution in [1.82, 2.24) is 15.0 Å². The third-order valence-electron chi connectivity index (χ3n) is 4.12. The zero-order valence-electron chi connectivity index (χ0n) is 14.6. The summed E-state index contributed by atoms with van der Waals surface area (Å²) in [6.45, 7) is 1.92. The predicted molar refractivity (Wildman–Crippen MR) is 111 cm³/mol. The number of aromatic nitrogens is 3. The van der Waals surface area contributed by atoms with E-state index in [1.807, 2.05) is 61.5 Å². The van der Waals surface area contributed by atoms with Crippen LogP contribution in [0.2, 0.25) is 5.02 Å². The van der Waals surface area contributed by atoms with E-state index in [1.165, 1.54) is 0 Å². The largest absolute Gasteiger partial charge is 0.398 e. The topological polar surface area (TPSA) is 103 Å². The molecule has 0 fully saturated rings. The second kappa shape index (κ2) is 6.74. The third-order valence-corrected chi connectivity index (χ3v) is 4.38. The Kier molecular flexibility index (Phi) is 4.25. The molecule has 2 aromatic carbocycles. The van der Waals surface area contributed by atoms with Crippen LogP contribution in [0.1, 0.15) is 5.69 Å². The van der Waals surface area contributed by atoms with E-state index in [0.717, 1.165) is 27.8 Å². The van der Waals surface area contributed by atoms with E-state index in [9.17, 15) is 0 Å². The molecule has 0 amide bonds. The van der Waals surface area contributed by atoms with Crippen LogP contribution in [-0.2, 0) is 0 Å². The van der Waals surface area contributed by atoms with Gasteiger partial charge in [-0.15, -0.1) is 0 Å². The van der Waals surface area contributed by atoms with Crippen molar-refractivity contribution in [3.63, 3.8) is 0 Å². The van der Waals surface area contributed by atoms with Gasteiger partial charge in [0.15, 0.2) is 0 Å². The van der Waals surface area contributed by atoms with Crippen LogP contribution < -0.4 is 16.8 Å². The van der Waals surface area contributed by atoms with Gasteiger partial charge < -0.3 is 16.8 Å². The first kappa shape index (κ1) is 17.1. The Morgan fingerprint density at radius 1 is 0.889 bits per heavy atom. The number of anilines is 4. The molecule has 4 rings (SSSR count). The number of nitrogens with two attached hydrogens (primary N) is 2. The smallest absolute Gasteiger partial charge is 0.222 e. The summed E-state index contributed by atoms with van der Waals surface area (Å²) in [6, 6.07) is 16.9. The molecule has 2 heterocycles. The number of aryl methyl sites for hydroxylation is 1. The Morgan fingerprint density at radius 3 is 2.44 bits per heavy atom. The van der Waals surface area contributed by atoms with Gasteiger partial charge in [-0.1, -0.05) is 23.7 Å². The summed E-state index contributed by atoms with van der Waals surface area (Å²) in [7, 11) is 0. The molecule has 4 aromatic rings. The first-order chi connectivity index (χ1) is 13.0. The highest BCUT2D eigenvalue weighted by Gasteiger charge is 2.07. The molecule has 0 radical (unpaired) electrons. The van der Waals surface area contributed by atoms with Crippen LogP contribution >= 0.6 is 11.6 Å². The minimum absolute atomic E-state index is 0.183. The van der Waals surface area contributed by atoms with Gasteiger partial charge in [0.2, 0.25) is 5.95 Å². The monoisotopic (exact) mass is 376 g/mol. The van der Waals surface area contributed by atoms with Crippen LogP contribution in [0.3, 0.4) is 0 Å². The van der Waals surface area contributed by atoms with E-state index in [-0.39, 0.29) is 5.95 Å². The summed E-state index contributed by atoms with van der Waals surface area (Å²) in [5, 5.41) is 4.80. The van der Waals surface area contributed by atoms with E-state index >= 15 is 0 Å². The highest BCUT2D eigenvalue weighted by molar-refractivity contribution is 6.30. The van der Waals surface area contributed by atoms with Gasteiger partial charge in [0.25, 0.3) is 0 Å². The van der Waals surface area contributed by atoms with Crippen molar-refractivity contribution in [2.75, 3.05) is 16.8 Å². The molecule has 134 valence electrons. The summed E-state index contributed by atoms with van der Waals surface area (Å²) in [4.78, 5) is 13.1. The second-order valence-corrected chi connectivity index (χ2v) is 6.65. The second-order valence-electron chi connectivity index (χ2n) is 6.21. The molecule has 0 unspecified atom stereocenters. The van der Waals surface area contributed by atoms with Crippen molar-refractivity contribution < 1.29 is 0 Å². The first-order valence-electron chi connectivity index (χ1n) is 8.32. The maximum Gasteiger partial charge on any atom is 0.222 e. The van der Waals surface area contributed by atoms with Crippen molar-refractivity contribution in [2.45, 2.75) is 6.92 Å². The molecule has 0 saturated carbocycles. The molecular weight excluding hydrogens is 360 g/mol. The first-order valence-corrected chi connectivity index (χ1v) is 8.70. The minimum atomic E-state index is 0.183. The van der Waals surface area contributed by atoms with Gasteiger partial charge >= 0.3 is 0 Å². The molecular formula is C20H17ClN6. The number of nitrogens with zero attached hydrogens (tertiary/aromatic N) is 3. The van der Waals surface area contributed by atoms with Gasteiger partial charge in [0.1, 0.15) is 5.82 Å². The molecule has 0 atom stereocenters. The number of benzene rings is 2. The number of hydrogen-bond donors (Lipinski definition) is 3. The molecule has 0 saturated heterocycles. The van der Waals surface area contributed by atoms with Crippen LogP contribution in [0.25, 0.3) is 22.2 Å². The quantitative estimate of drug-likeness (QED) is 0.484. The molecule has 0 bridgehead atoms. The van der Waals surface area contributed by atoms with Gasteiger partial charge in [0, 0.05) is 39.1 Å². The van der Waals surface area contributed by atoms with Crippen molar-refractivity contribution in [3.05, 3.63) is 65.3 Å². The Labute approximate surface area is 161 Å². The highest BCUT2D eigenvalue weighted by Crippen LogP contribution is 2.27. The third kappa shape index (κ3) is 3.61. The van der Waals surface area contributed by atoms with E-state index in [4.69, 9.17) is 23.1 Å². The molecule has 2 aromatic heterocycles. The molecule has 6 nitrogen and oxygen atoms in total. The summed E-state index contributed by atoms with van der Waals surface area (Å²) in [5.74, 6) is 0.771. The average molecular weight is 377 g/mol. The number of fused-ring (bicyclic) bond motifs is 1. The average Bonchev–Trinajstić information content (AvgIpc) is 2.62. The van der Waals surface area contributed by atoms with Gasteiger partial charge in [-0.25, -0.2) is 4.98 Å². The van der Waals surface area contributed by atoms with Crippen molar-refractivity contribution in [1.29, 1.82) is 0 Å². The van der Waals surface area contributed by atoms with Crippen LogP contribution in [0.4, 0.5) is 23.1 Å². The van der Waals surface area contributed by atoms with Gasteiger partial charge in [0.05, 0.1) is 11.2 Å². The molecule has 0 spiro atoms. The lowest BCUT2D eigenvalue weighted by atomic mass is 10.1. The summed E-state index contributed by atoms with van der Waals surface area (Å²) < 4.78 is 0. The summed E-state index contributed by atoms with van der Waals surface area (Å²) in [5.41, 5.74) is 16.9. The lowest BCUT2D eigenvalue weighted by Gasteiger charge is -2.10. The van der Waals surface area contributed by atoms with Crippen LogP contribution in [0, 0.1) is 6.92 Å². The molecule has 27 heavy (non-hydrogen) atoms. The van der Waals surface area contributed by atoms with E-state index in [2.05, 4.69) is 20.3 Å². The van der Waals surface area contributed by atoms with Crippen molar-refractivity contribution in [2.24, 2.45) is 0 Å². The number of nitrogen functional groups attached to an aromatic ring is 2. The van der Waals surface area contributed by atoms with Crippen molar-refractivity contribution >= 4 is 45.6 Å². The number of pyridine rings is 1.